The number of aromatic nitrogens is 3. The van der Waals surface area contributed by atoms with Crippen molar-refractivity contribution in [1.29, 1.82) is 0 Å². The Morgan fingerprint density at radius 1 is 1.29 bits per heavy atom. The molecule has 0 radical (unpaired) electrons. The summed E-state index contributed by atoms with van der Waals surface area (Å²) in [5, 5.41) is 25.5. The Morgan fingerprint density at radius 3 is 2.79 bits per heavy atom. The number of anilines is 1. The summed E-state index contributed by atoms with van der Waals surface area (Å²) in [7, 11) is 0. The number of oxime groups is 1. The van der Waals surface area contributed by atoms with Crippen molar-refractivity contribution in [2.45, 2.75) is 22.4 Å². The van der Waals surface area contributed by atoms with Crippen molar-refractivity contribution in [3.8, 4) is 0 Å². The number of nitrogens with one attached hydrogen (secondary N) is 1. The molecule has 38 heavy (non-hydrogen) atoms. The number of rotatable bonds is 10. The molecule has 1 saturated heterocycles. The Balaban J connectivity index is 1.30. The molecule has 2 amide bonds. The fourth-order valence-electron chi connectivity index (χ4n) is 3.73. The molecule has 4 N–H and O–H groups in total. The van der Waals surface area contributed by atoms with Crippen molar-refractivity contribution < 1.29 is 24.3 Å². The first-order chi connectivity index (χ1) is 18.4. The van der Waals surface area contributed by atoms with Gasteiger partial charge in [-0.15, -0.1) is 33.3 Å². The third-order valence-electron chi connectivity index (χ3n) is 5.46. The molecule has 0 spiro atoms. The van der Waals surface area contributed by atoms with Gasteiger partial charge in [0.15, 0.2) is 15.2 Å². The molecule has 2 atom stereocenters. The number of nitrogens with zero attached hydrogens (tertiary/aromatic N) is 5. The van der Waals surface area contributed by atoms with Gasteiger partial charge in [0.1, 0.15) is 34.9 Å². The summed E-state index contributed by atoms with van der Waals surface area (Å²) in [5.74, 6) is -1.65. The van der Waals surface area contributed by atoms with E-state index in [0.29, 0.717) is 21.4 Å². The highest BCUT2D eigenvalue weighted by molar-refractivity contribution is 8.01. The van der Waals surface area contributed by atoms with Crippen molar-refractivity contribution in [3.05, 3.63) is 63.7 Å². The monoisotopic (exact) mass is 589 g/mol. The van der Waals surface area contributed by atoms with Crippen LogP contribution in [0, 0.1) is 0 Å². The Labute approximate surface area is 232 Å². The Hall–Kier alpha value is -3.47. The first-order valence-corrected chi connectivity index (χ1v) is 14.8. The van der Waals surface area contributed by atoms with E-state index in [9.17, 15) is 19.5 Å². The summed E-state index contributed by atoms with van der Waals surface area (Å²) in [6, 6.07) is 8.35. The van der Waals surface area contributed by atoms with Gasteiger partial charge >= 0.3 is 5.97 Å². The number of β-lactam (4-membered cyclic amide) rings is 1. The highest BCUT2D eigenvalue weighted by Crippen LogP contribution is 2.41. The number of thiazole rings is 1. The molecule has 0 aliphatic carbocycles. The minimum absolute atomic E-state index is 0.0615. The van der Waals surface area contributed by atoms with Gasteiger partial charge in [-0.3, -0.25) is 14.5 Å². The number of hydrogen-bond acceptors (Lipinski definition) is 13. The van der Waals surface area contributed by atoms with Gasteiger partial charge in [0.25, 0.3) is 11.8 Å². The van der Waals surface area contributed by atoms with Crippen LogP contribution < -0.4 is 11.1 Å². The predicted molar refractivity (Wildman–Crippen MR) is 145 cm³/mol. The number of nitrogens with two attached hydrogens (primary N) is 1. The zero-order valence-electron chi connectivity index (χ0n) is 19.3. The van der Waals surface area contributed by atoms with Crippen molar-refractivity contribution in [2.24, 2.45) is 5.16 Å². The van der Waals surface area contributed by atoms with Gasteiger partial charge in [-0.05, 0) is 11.1 Å². The summed E-state index contributed by atoms with van der Waals surface area (Å²) < 4.78 is 0.707. The minimum Gasteiger partial charge on any atom is -0.477 e. The lowest BCUT2D eigenvalue weighted by molar-refractivity contribution is -0.150. The number of carbonyl (C=O) groups excluding carboxylic acids is 2. The molecule has 3 aromatic rings. The number of carboxylic acids is 1. The van der Waals surface area contributed by atoms with E-state index in [0.717, 1.165) is 16.9 Å². The highest BCUT2D eigenvalue weighted by atomic mass is 32.2. The number of aliphatic carboxylic acids is 1. The highest BCUT2D eigenvalue weighted by Gasteiger charge is 2.54. The number of carboxylic acid groups (broad SMARTS) is 1. The van der Waals surface area contributed by atoms with Gasteiger partial charge in [0.2, 0.25) is 0 Å². The molecule has 0 saturated carbocycles. The van der Waals surface area contributed by atoms with E-state index < -0.39 is 29.2 Å². The molecule has 1 fully saturated rings. The second kappa shape index (κ2) is 11.5. The number of thioether (sulfide) groups is 2. The van der Waals surface area contributed by atoms with E-state index in [1.54, 1.807) is 10.9 Å². The van der Waals surface area contributed by atoms with Gasteiger partial charge < -0.3 is 21.0 Å². The molecular formula is C22H19N7O5S4. The number of fused-ring (bicyclic) bond motifs is 1. The van der Waals surface area contributed by atoms with Crippen LogP contribution in [0.5, 0.6) is 0 Å². The molecule has 0 bridgehead atoms. The lowest BCUT2D eigenvalue weighted by atomic mass is 10.0. The molecule has 16 heteroatoms. The molecule has 2 aliphatic heterocycles. The molecule has 1 aromatic carbocycles. The average molecular weight is 590 g/mol. The molecule has 4 heterocycles. The van der Waals surface area contributed by atoms with Crippen LogP contribution in [-0.2, 0) is 25.8 Å². The fourth-order valence-corrected chi connectivity index (χ4v) is 7.25. The molecular weight excluding hydrogens is 571 g/mol. The van der Waals surface area contributed by atoms with Crippen molar-refractivity contribution >= 4 is 74.8 Å². The van der Waals surface area contributed by atoms with Crippen LogP contribution in [0.3, 0.4) is 0 Å². The zero-order chi connectivity index (χ0) is 26.6. The maximum Gasteiger partial charge on any atom is 0.352 e. The van der Waals surface area contributed by atoms with Crippen molar-refractivity contribution in [2.75, 3.05) is 17.2 Å². The number of benzene rings is 1. The van der Waals surface area contributed by atoms with Crippen LogP contribution in [-0.4, -0.2) is 71.6 Å². The molecule has 5 rings (SSSR count). The summed E-state index contributed by atoms with van der Waals surface area (Å²) in [5.41, 5.74) is 8.80. The lowest BCUT2D eigenvalue weighted by Crippen LogP contribution is -2.71. The molecule has 12 nitrogen and oxygen atoms in total. The van der Waals surface area contributed by atoms with Crippen LogP contribution in [0.15, 0.2) is 62.0 Å². The first-order valence-electron chi connectivity index (χ1n) is 11.0. The second-order valence-electron chi connectivity index (χ2n) is 7.88. The molecule has 1 unspecified atom stereocenters. The standard InChI is InChI=1S/C22H19N7O5S4/c23-21-25-13(9-36-21)14(28-34-6-11-4-2-1-3-5-11)17(30)26-15-18(31)29-16(20(32)33)12(7-35-19(15)29)8-37-22-27-24-10-38-22/h1-5,9-10,15,19H,6-8H2,(H2,23,25)(H,26,30)(H,32,33)/t15?,19-/m0/s1. The summed E-state index contributed by atoms with van der Waals surface area (Å²) in [4.78, 5) is 49.1. The van der Waals surface area contributed by atoms with Crippen molar-refractivity contribution in [3.63, 3.8) is 0 Å². The van der Waals surface area contributed by atoms with Crippen LogP contribution in [0.2, 0.25) is 0 Å². The number of carbonyl (C=O) groups is 3. The summed E-state index contributed by atoms with van der Waals surface area (Å²) in [6.45, 7) is 0.121. The van der Waals surface area contributed by atoms with Gasteiger partial charge in [0.05, 0.1) is 0 Å². The Kier molecular flexibility index (Phi) is 7.92. The fraction of sp³-hybridized carbons (Fsp3) is 0.227. The van der Waals surface area contributed by atoms with E-state index in [1.165, 1.54) is 39.8 Å². The smallest absolute Gasteiger partial charge is 0.352 e. The lowest BCUT2D eigenvalue weighted by Gasteiger charge is -2.49. The van der Waals surface area contributed by atoms with Crippen molar-refractivity contribution in [1.82, 2.24) is 25.4 Å². The molecule has 2 aromatic heterocycles. The third-order valence-corrected chi connectivity index (χ3v) is 9.42. The minimum atomic E-state index is -1.20. The summed E-state index contributed by atoms with van der Waals surface area (Å²) >= 11 is 5.23. The predicted octanol–water partition coefficient (Wildman–Crippen LogP) is 2.03. The van der Waals surface area contributed by atoms with E-state index in [4.69, 9.17) is 10.6 Å². The van der Waals surface area contributed by atoms with E-state index in [1.807, 2.05) is 30.3 Å². The van der Waals surface area contributed by atoms with Gasteiger partial charge in [-0.2, -0.15) is 0 Å². The van der Waals surface area contributed by atoms with Crippen LogP contribution >= 0.6 is 46.2 Å². The zero-order valence-corrected chi connectivity index (χ0v) is 22.6. The number of hydrogen-bond donors (Lipinski definition) is 3. The van der Waals surface area contributed by atoms with E-state index >= 15 is 0 Å². The second-order valence-corrected chi connectivity index (χ2v) is 11.9. The molecule has 196 valence electrons. The number of amides is 2. The average Bonchev–Trinajstić information content (AvgIpc) is 3.60. The number of nitrogen functional groups attached to an aromatic ring is 1. The van der Waals surface area contributed by atoms with E-state index in [2.05, 4.69) is 25.7 Å². The quantitative estimate of drug-likeness (QED) is 0.137. The van der Waals surface area contributed by atoms with Gasteiger partial charge in [-0.1, -0.05) is 58.6 Å². The normalized spacial score (nSPS) is 19.1. The van der Waals surface area contributed by atoms with Gasteiger partial charge in [-0.25, -0.2) is 9.78 Å². The first kappa shape index (κ1) is 26.1. The molecule has 2 aliphatic rings. The SMILES string of the molecule is Nc1nc(C(=NOCc2ccccc2)C(=O)NC2C(=O)N3C(C(=O)O)=C(CSc4nncs4)CS[C@@H]23)cs1. The van der Waals surface area contributed by atoms with Gasteiger partial charge in [0, 0.05) is 16.9 Å². The maximum absolute atomic E-state index is 13.2. The summed E-state index contributed by atoms with van der Waals surface area (Å²) in [6.07, 6.45) is 0. The topological polar surface area (TPSA) is 173 Å². The van der Waals surface area contributed by atoms with E-state index in [-0.39, 0.29) is 28.8 Å². The van der Waals surface area contributed by atoms with Crippen LogP contribution in [0.1, 0.15) is 11.3 Å². The van der Waals surface area contributed by atoms with Crippen LogP contribution in [0.4, 0.5) is 5.13 Å². The maximum atomic E-state index is 13.2. The Morgan fingerprint density at radius 2 is 2.11 bits per heavy atom. The third kappa shape index (κ3) is 5.52. The Bertz CT molecular complexity index is 1410. The van der Waals surface area contributed by atoms with Crippen LogP contribution in [0.25, 0.3) is 0 Å². The largest absolute Gasteiger partial charge is 0.477 e.